The minimum atomic E-state index is -4.72. The first-order valence-corrected chi connectivity index (χ1v) is 10.1. The highest BCUT2D eigenvalue weighted by atomic mass is 19.4. The molecule has 172 valence electrons. The average Bonchev–Trinajstić information content (AvgIpc) is 3.18. The van der Waals surface area contributed by atoms with Gasteiger partial charge in [-0.05, 0) is 37.0 Å². The van der Waals surface area contributed by atoms with Crippen molar-refractivity contribution in [2.45, 2.75) is 46.0 Å². The van der Waals surface area contributed by atoms with E-state index in [0.717, 1.165) is 11.3 Å². The number of halogens is 3. The van der Waals surface area contributed by atoms with Gasteiger partial charge < -0.3 is 25.0 Å². The van der Waals surface area contributed by atoms with E-state index in [1.165, 1.54) is 12.1 Å². The van der Waals surface area contributed by atoms with Gasteiger partial charge in [0.25, 0.3) is 0 Å². The first kappa shape index (κ1) is 24.5. The second kappa shape index (κ2) is 11.6. The van der Waals surface area contributed by atoms with Gasteiger partial charge >= 0.3 is 6.36 Å². The third-order valence-corrected chi connectivity index (χ3v) is 4.40. The van der Waals surface area contributed by atoms with E-state index in [2.05, 4.69) is 25.5 Å². The topological polar surface area (TPSA) is 91.9 Å². The van der Waals surface area contributed by atoms with Crippen LogP contribution in [0.5, 0.6) is 5.75 Å². The number of aliphatic hydroxyl groups excluding tert-OH is 1. The van der Waals surface area contributed by atoms with Crippen LogP contribution in [0.2, 0.25) is 0 Å². The van der Waals surface area contributed by atoms with Crippen molar-refractivity contribution in [2.75, 3.05) is 19.7 Å². The van der Waals surface area contributed by atoms with Gasteiger partial charge in [-0.1, -0.05) is 31.1 Å². The van der Waals surface area contributed by atoms with Crippen LogP contribution in [0, 0.1) is 5.92 Å². The summed E-state index contributed by atoms with van der Waals surface area (Å²) in [4.78, 5) is 4.47. The molecule has 0 aliphatic rings. The number of hydrogen-bond donors (Lipinski definition) is 3. The highest BCUT2D eigenvalue weighted by Crippen LogP contribution is 2.23. The fourth-order valence-corrected chi connectivity index (χ4v) is 2.78. The van der Waals surface area contributed by atoms with E-state index in [4.69, 9.17) is 4.52 Å². The summed E-state index contributed by atoms with van der Waals surface area (Å²) in [6.07, 6.45) is -4.24. The maximum atomic E-state index is 12.3. The van der Waals surface area contributed by atoms with E-state index in [-0.39, 0.29) is 24.2 Å². The van der Waals surface area contributed by atoms with Gasteiger partial charge in [0.1, 0.15) is 12.3 Å². The van der Waals surface area contributed by atoms with E-state index in [1.807, 2.05) is 26.8 Å². The lowest BCUT2D eigenvalue weighted by molar-refractivity contribution is -0.274. The van der Waals surface area contributed by atoms with Gasteiger partial charge in [-0.25, -0.2) is 4.99 Å². The molecule has 1 unspecified atom stereocenters. The Morgan fingerprint density at radius 3 is 2.48 bits per heavy atom. The molecule has 2 aromatic rings. The minimum Gasteiger partial charge on any atom is -0.406 e. The molecule has 0 saturated heterocycles. The van der Waals surface area contributed by atoms with Crippen LogP contribution in [-0.4, -0.2) is 42.3 Å². The fourth-order valence-electron chi connectivity index (χ4n) is 2.78. The van der Waals surface area contributed by atoms with Crippen LogP contribution in [0.25, 0.3) is 0 Å². The molecular formula is C21H29F3N4O3. The molecule has 2 rings (SSSR count). The molecule has 0 aliphatic carbocycles. The van der Waals surface area contributed by atoms with Crippen molar-refractivity contribution in [2.24, 2.45) is 10.9 Å². The zero-order chi connectivity index (χ0) is 22.9. The predicted octanol–water partition coefficient (Wildman–Crippen LogP) is 3.60. The smallest absolute Gasteiger partial charge is 0.406 e. The van der Waals surface area contributed by atoms with Crippen molar-refractivity contribution in [3.8, 4) is 5.75 Å². The summed E-state index contributed by atoms with van der Waals surface area (Å²) < 4.78 is 45.9. The quantitative estimate of drug-likeness (QED) is 0.385. The number of hydrogen-bond acceptors (Lipinski definition) is 5. The van der Waals surface area contributed by atoms with Crippen LogP contribution >= 0.6 is 0 Å². The molecule has 0 saturated carbocycles. The number of nitrogens with one attached hydrogen (secondary N) is 2. The molecule has 0 bridgehead atoms. The summed E-state index contributed by atoms with van der Waals surface area (Å²) in [5.74, 6) is 1.06. The number of guanidine groups is 1. The van der Waals surface area contributed by atoms with Gasteiger partial charge in [-0.15, -0.1) is 13.2 Å². The predicted molar refractivity (Wildman–Crippen MR) is 111 cm³/mol. The number of aliphatic imine (C=N–C) groups is 1. The SMILES string of the molecule is CCNC(=NCc1cc(C(C)C)no1)NCC(CO)Cc1ccc(OC(F)(F)F)cc1. The van der Waals surface area contributed by atoms with Crippen molar-refractivity contribution in [3.05, 3.63) is 47.3 Å². The Morgan fingerprint density at radius 1 is 1.23 bits per heavy atom. The van der Waals surface area contributed by atoms with Gasteiger partial charge in [-0.3, -0.25) is 0 Å². The van der Waals surface area contributed by atoms with Crippen LogP contribution < -0.4 is 15.4 Å². The summed E-state index contributed by atoms with van der Waals surface area (Å²) in [5.41, 5.74) is 1.66. The molecule has 0 spiro atoms. The molecule has 3 N–H and O–H groups in total. The number of benzene rings is 1. The Balaban J connectivity index is 1.91. The molecule has 1 heterocycles. The Hall–Kier alpha value is -2.75. The van der Waals surface area contributed by atoms with E-state index in [0.29, 0.717) is 37.8 Å². The van der Waals surface area contributed by atoms with Crippen LogP contribution in [0.3, 0.4) is 0 Å². The van der Waals surface area contributed by atoms with Crippen molar-refractivity contribution < 1.29 is 27.5 Å². The van der Waals surface area contributed by atoms with E-state index in [9.17, 15) is 18.3 Å². The summed E-state index contributed by atoms with van der Waals surface area (Å²) in [7, 11) is 0. The summed E-state index contributed by atoms with van der Waals surface area (Å²) in [5, 5.41) is 20.0. The fraction of sp³-hybridized carbons (Fsp3) is 0.524. The lowest BCUT2D eigenvalue weighted by Gasteiger charge is -2.18. The van der Waals surface area contributed by atoms with Gasteiger partial charge in [-0.2, -0.15) is 0 Å². The highest BCUT2D eigenvalue weighted by molar-refractivity contribution is 5.79. The van der Waals surface area contributed by atoms with Crippen LogP contribution in [0.4, 0.5) is 13.2 Å². The second-order valence-electron chi connectivity index (χ2n) is 7.39. The molecule has 1 atom stereocenters. The van der Waals surface area contributed by atoms with Crippen molar-refractivity contribution in [3.63, 3.8) is 0 Å². The Labute approximate surface area is 179 Å². The van der Waals surface area contributed by atoms with Gasteiger partial charge in [0.2, 0.25) is 0 Å². The molecule has 10 heteroatoms. The summed E-state index contributed by atoms with van der Waals surface area (Å²) in [6.45, 7) is 7.31. The molecular weight excluding hydrogens is 413 g/mol. The first-order valence-electron chi connectivity index (χ1n) is 10.1. The third kappa shape index (κ3) is 8.87. The molecule has 1 aromatic carbocycles. The average molecular weight is 442 g/mol. The molecule has 0 aliphatic heterocycles. The first-order chi connectivity index (χ1) is 14.7. The second-order valence-corrected chi connectivity index (χ2v) is 7.39. The Kier molecular flexibility index (Phi) is 9.17. The molecule has 1 aromatic heterocycles. The number of rotatable bonds is 10. The van der Waals surface area contributed by atoms with Crippen molar-refractivity contribution in [1.29, 1.82) is 0 Å². The maximum absolute atomic E-state index is 12.3. The maximum Gasteiger partial charge on any atom is 0.573 e. The van der Waals surface area contributed by atoms with Crippen LogP contribution in [0.1, 0.15) is 43.7 Å². The zero-order valence-corrected chi connectivity index (χ0v) is 17.9. The van der Waals surface area contributed by atoms with E-state index < -0.39 is 6.36 Å². The molecule has 31 heavy (non-hydrogen) atoms. The monoisotopic (exact) mass is 442 g/mol. The largest absolute Gasteiger partial charge is 0.573 e. The molecule has 0 radical (unpaired) electrons. The van der Waals surface area contributed by atoms with Gasteiger partial charge in [0, 0.05) is 31.7 Å². The Morgan fingerprint density at radius 2 is 1.94 bits per heavy atom. The van der Waals surface area contributed by atoms with E-state index >= 15 is 0 Å². The zero-order valence-electron chi connectivity index (χ0n) is 17.9. The number of ether oxygens (including phenoxy) is 1. The molecule has 0 fully saturated rings. The minimum absolute atomic E-state index is 0.0902. The number of alkyl halides is 3. The van der Waals surface area contributed by atoms with Gasteiger partial charge in [0.15, 0.2) is 11.7 Å². The summed E-state index contributed by atoms with van der Waals surface area (Å²) in [6, 6.07) is 7.51. The van der Waals surface area contributed by atoms with Crippen molar-refractivity contribution >= 4 is 5.96 Å². The standard InChI is InChI=1S/C21H29F3N4O3/c1-4-25-20(27-12-18-10-19(14(2)3)28-31-18)26-11-16(13-29)9-15-5-7-17(8-6-15)30-21(22,23)24/h5-8,10,14,16,29H,4,9,11-13H2,1-3H3,(H2,25,26,27). The number of nitrogens with zero attached hydrogens (tertiary/aromatic N) is 2. The normalized spacial score (nSPS) is 13.4. The lowest BCUT2D eigenvalue weighted by atomic mass is 10.00. The number of aromatic nitrogens is 1. The van der Waals surface area contributed by atoms with Crippen molar-refractivity contribution in [1.82, 2.24) is 15.8 Å². The molecule has 7 nitrogen and oxygen atoms in total. The number of aliphatic hydroxyl groups is 1. The highest BCUT2D eigenvalue weighted by Gasteiger charge is 2.31. The van der Waals surface area contributed by atoms with Crippen LogP contribution in [0.15, 0.2) is 39.8 Å². The summed E-state index contributed by atoms with van der Waals surface area (Å²) >= 11 is 0. The third-order valence-electron chi connectivity index (χ3n) is 4.40. The lowest BCUT2D eigenvalue weighted by Crippen LogP contribution is -2.40. The van der Waals surface area contributed by atoms with Gasteiger partial charge in [0.05, 0.1) is 5.69 Å². The van der Waals surface area contributed by atoms with E-state index in [1.54, 1.807) is 12.1 Å². The molecule has 0 amide bonds. The van der Waals surface area contributed by atoms with Crippen LogP contribution in [-0.2, 0) is 13.0 Å². The Bertz CT molecular complexity index is 820.